The Balaban J connectivity index is 1.18. The van der Waals surface area contributed by atoms with Crippen LogP contribution in [0.2, 0.25) is 5.02 Å². The van der Waals surface area contributed by atoms with Crippen LogP contribution >= 0.6 is 11.6 Å². The molecule has 4 aromatic rings. The fraction of sp³-hybridized carbons (Fsp3) is 0.366. The lowest BCUT2D eigenvalue weighted by atomic mass is 10.0. The van der Waals surface area contributed by atoms with Gasteiger partial charge in [0.15, 0.2) is 5.82 Å². The number of aromatic nitrogens is 3. The fourth-order valence-electron chi connectivity index (χ4n) is 7.12. The zero-order valence-corrected chi connectivity index (χ0v) is 34.4. The van der Waals surface area contributed by atoms with Crippen molar-refractivity contribution in [3.63, 3.8) is 0 Å². The summed E-state index contributed by atoms with van der Waals surface area (Å²) in [7, 11) is 2.80. The largest absolute Gasteiger partial charge is 0.573 e. The van der Waals surface area contributed by atoms with Crippen molar-refractivity contribution in [1.29, 1.82) is 0 Å². The van der Waals surface area contributed by atoms with Gasteiger partial charge in [-0.1, -0.05) is 62.7 Å². The predicted octanol–water partition coefficient (Wildman–Crippen LogP) is 6.99. The summed E-state index contributed by atoms with van der Waals surface area (Å²) in [5.41, 5.74) is 2.13. The molecule has 5 amide bonds. The number of carbonyl (C=O) groups excluding carboxylic acids is 4. The Morgan fingerprint density at radius 2 is 1.68 bits per heavy atom. The molecule has 2 aliphatic heterocycles. The van der Waals surface area contributed by atoms with E-state index in [4.69, 9.17) is 16.3 Å². The number of halogens is 4. The van der Waals surface area contributed by atoms with E-state index in [2.05, 4.69) is 35.6 Å². The van der Waals surface area contributed by atoms with Crippen molar-refractivity contribution in [3.8, 4) is 28.1 Å². The molecule has 2 aromatic carbocycles. The lowest BCUT2D eigenvalue weighted by molar-refractivity contribution is -0.274. The molecule has 15 nitrogen and oxygen atoms in total. The molecule has 4 N–H and O–H groups in total. The zero-order chi connectivity index (χ0) is 43.5. The van der Waals surface area contributed by atoms with Crippen molar-refractivity contribution in [3.05, 3.63) is 83.4 Å². The molecule has 2 aliphatic rings. The van der Waals surface area contributed by atoms with Crippen LogP contribution < -0.4 is 25.6 Å². The van der Waals surface area contributed by atoms with E-state index in [1.165, 1.54) is 19.4 Å². The quantitative estimate of drug-likeness (QED) is 0.131. The lowest BCUT2D eigenvalue weighted by Gasteiger charge is -2.40. The van der Waals surface area contributed by atoms with Crippen LogP contribution in [0, 0.1) is 11.8 Å². The van der Waals surface area contributed by atoms with Gasteiger partial charge in [-0.25, -0.2) is 19.6 Å². The SMILES string of the molecule is CNC(=O)N1CCN(c2ccc(C(=O)Nc3cc(OC(F)(F)F)c(-c4ccc(-c5cnc(C6=C[C@H](C)CN6C(=O)[C@@H](NC(=O)OC)C(C)C)[nH]5)cc4)cc3Cl)cn2)[C@H](C)C1. The number of H-pyrrole nitrogens is 1. The number of nitrogens with zero attached hydrogens (tertiary/aromatic N) is 5. The molecular formula is C41H45ClF3N9O6. The Morgan fingerprint density at radius 1 is 0.967 bits per heavy atom. The van der Waals surface area contributed by atoms with Crippen LogP contribution in [0.5, 0.6) is 5.75 Å². The van der Waals surface area contributed by atoms with Gasteiger partial charge in [-0.3, -0.25) is 9.59 Å². The number of hydrogen-bond donors (Lipinski definition) is 4. The van der Waals surface area contributed by atoms with Crippen LogP contribution in [0.25, 0.3) is 28.1 Å². The summed E-state index contributed by atoms with van der Waals surface area (Å²) in [6, 6.07) is 11.0. The van der Waals surface area contributed by atoms with E-state index in [1.807, 2.05) is 38.7 Å². The number of carbonyl (C=O) groups is 4. The number of anilines is 2. The number of ether oxygens (including phenoxy) is 2. The van der Waals surface area contributed by atoms with Crippen LogP contribution in [0.3, 0.4) is 0 Å². The van der Waals surface area contributed by atoms with Gasteiger partial charge in [0.1, 0.15) is 17.6 Å². The first kappa shape index (κ1) is 43.3. The number of amides is 5. The number of methoxy groups -OCH3 is 1. The van der Waals surface area contributed by atoms with E-state index in [-0.39, 0.29) is 51.7 Å². The van der Waals surface area contributed by atoms with Crippen molar-refractivity contribution >= 4 is 52.7 Å². The maximum atomic E-state index is 13.7. The number of urea groups is 1. The number of piperazine rings is 1. The topological polar surface area (TPSA) is 174 Å². The highest BCUT2D eigenvalue weighted by atomic mass is 35.5. The molecule has 3 atom stereocenters. The molecule has 60 heavy (non-hydrogen) atoms. The highest BCUT2D eigenvalue weighted by Gasteiger charge is 2.36. The maximum Gasteiger partial charge on any atom is 0.573 e. The number of alkyl halides is 3. The summed E-state index contributed by atoms with van der Waals surface area (Å²) < 4.78 is 50.3. The molecule has 6 rings (SSSR count). The van der Waals surface area contributed by atoms with Gasteiger partial charge in [-0.2, -0.15) is 0 Å². The smallest absolute Gasteiger partial charge is 0.453 e. The standard InChI is InChI=1S/C41H45ClF3N9O6/c1-22(2)35(51-40(58)59-6)38(56)54-20-23(3)15-32(54)36-48-19-31(49-36)26-9-7-25(8-10-26)28-16-29(42)30(17-33(28)60-41(43,44)45)50-37(55)27-11-12-34(47-18-27)53-14-13-52(21-24(53)4)39(57)46-5/h7-12,15-19,22-24,35H,13-14,20-21H2,1-6H3,(H,46,57)(H,48,49)(H,50,55)(H,51,58)/t23-,24+,35-/m0/s1. The molecule has 0 radical (unpaired) electrons. The molecular weight excluding hydrogens is 807 g/mol. The van der Waals surface area contributed by atoms with E-state index in [1.54, 1.807) is 59.4 Å². The number of alkyl carbamates (subject to hydrolysis) is 1. The summed E-state index contributed by atoms with van der Waals surface area (Å²) >= 11 is 6.57. The third-order valence-corrected chi connectivity index (χ3v) is 10.5. The van der Waals surface area contributed by atoms with Crippen molar-refractivity contribution < 1.29 is 41.8 Å². The molecule has 0 spiro atoms. The highest BCUT2D eigenvalue weighted by molar-refractivity contribution is 6.34. The molecule has 1 fully saturated rings. The zero-order valence-electron chi connectivity index (χ0n) is 33.7. The Labute approximate surface area is 349 Å². The van der Waals surface area contributed by atoms with E-state index < -0.39 is 30.2 Å². The Hall–Kier alpha value is -6.30. The minimum atomic E-state index is -5.06. The van der Waals surface area contributed by atoms with Crippen LogP contribution in [0.1, 0.15) is 43.9 Å². The van der Waals surface area contributed by atoms with Gasteiger partial charge in [0.2, 0.25) is 5.91 Å². The predicted molar refractivity (Wildman–Crippen MR) is 219 cm³/mol. The molecule has 0 unspecified atom stereocenters. The van der Waals surface area contributed by atoms with Gasteiger partial charge in [-0.15, -0.1) is 13.2 Å². The van der Waals surface area contributed by atoms with Crippen molar-refractivity contribution in [1.82, 2.24) is 35.4 Å². The third kappa shape index (κ3) is 9.76. The second-order valence-corrected chi connectivity index (χ2v) is 15.2. The van der Waals surface area contributed by atoms with Gasteiger partial charge < -0.3 is 45.1 Å². The Bertz CT molecular complexity index is 2270. The number of nitrogens with one attached hydrogen (secondary N) is 4. The van der Waals surface area contributed by atoms with Gasteiger partial charge in [-0.05, 0) is 48.1 Å². The summed E-state index contributed by atoms with van der Waals surface area (Å²) in [6.45, 7) is 9.42. The Kier molecular flexibility index (Phi) is 12.9. The maximum absolute atomic E-state index is 13.7. The number of benzene rings is 2. The number of rotatable bonds is 10. The first-order valence-corrected chi connectivity index (χ1v) is 19.5. The summed E-state index contributed by atoms with van der Waals surface area (Å²) in [4.78, 5) is 68.4. The third-order valence-electron chi connectivity index (χ3n) is 10.2. The molecule has 0 bridgehead atoms. The van der Waals surface area contributed by atoms with E-state index in [0.29, 0.717) is 60.3 Å². The molecule has 1 saturated heterocycles. The monoisotopic (exact) mass is 851 g/mol. The first-order chi connectivity index (χ1) is 28.5. The molecule has 4 heterocycles. The van der Waals surface area contributed by atoms with Crippen LogP contribution in [0.4, 0.5) is 34.3 Å². The molecule has 2 aromatic heterocycles. The van der Waals surface area contributed by atoms with Crippen LogP contribution in [-0.2, 0) is 9.53 Å². The Morgan fingerprint density at radius 3 is 2.30 bits per heavy atom. The molecule has 318 valence electrons. The minimum Gasteiger partial charge on any atom is -0.453 e. The van der Waals surface area contributed by atoms with E-state index >= 15 is 0 Å². The molecule has 0 aliphatic carbocycles. The summed E-state index contributed by atoms with van der Waals surface area (Å²) in [5, 5.41) is 7.76. The number of imidazole rings is 1. The average Bonchev–Trinajstić information content (AvgIpc) is 3.87. The lowest BCUT2D eigenvalue weighted by Crippen LogP contribution is -2.55. The normalized spacial score (nSPS) is 17.2. The second-order valence-electron chi connectivity index (χ2n) is 14.8. The minimum absolute atomic E-state index is 0.00541. The van der Waals surface area contributed by atoms with Crippen LogP contribution in [-0.4, -0.2) is 107 Å². The van der Waals surface area contributed by atoms with E-state index in [0.717, 1.165) is 6.07 Å². The second kappa shape index (κ2) is 17.9. The highest BCUT2D eigenvalue weighted by Crippen LogP contribution is 2.41. The summed E-state index contributed by atoms with van der Waals surface area (Å²) in [6.07, 6.45) is -0.939. The van der Waals surface area contributed by atoms with Crippen molar-refractivity contribution in [2.24, 2.45) is 11.8 Å². The van der Waals surface area contributed by atoms with Crippen LogP contribution in [0.15, 0.2) is 67.0 Å². The first-order valence-electron chi connectivity index (χ1n) is 19.1. The van der Waals surface area contributed by atoms with Crippen molar-refractivity contribution in [2.45, 2.75) is 46.1 Å². The van der Waals surface area contributed by atoms with Gasteiger partial charge in [0.25, 0.3) is 5.91 Å². The number of aromatic amines is 1. The summed E-state index contributed by atoms with van der Waals surface area (Å²) in [5.74, 6) is -0.776. The number of hydrogen-bond acceptors (Lipinski definition) is 9. The van der Waals surface area contributed by atoms with Gasteiger partial charge >= 0.3 is 18.5 Å². The van der Waals surface area contributed by atoms with Gasteiger partial charge in [0, 0.05) is 57.1 Å². The fourth-order valence-corrected chi connectivity index (χ4v) is 7.33. The van der Waals surface area contributed by atoms with E-state index in [9.17, 15) is 32.3 Å². The molecule has 0 saturated carbocycles. The molecule has 19 heteroatoms. The average molecular weight is 852 g/mol. The van der Waals surface area contributed by atoms with Gasteiger partial charge in [0.05, 0.1) is 41.0 Å². The van der Waals surface area contributed by atoms with Crippen molar-refractivity contribution in [2.75, 3.05) is 50.6 Å². The number of pyridine rings is 1.